The molecule has 0 amide bonds. The zero-order valence-corrected chi connectivity index (χ0v) is 13.6. The molecular formula is C23H16N2. The van der Waals surface area contributed by atoms with E-state index < -0.39 is 0 Å². The number of fused-ring (bicyclic) bond motifs is 3. The fourth-order valence-corrected chi connectivity index (χ4v) is 3.48. The average molecular weight is 320 g/mol. The quantitative estimate of drug-likeness (QED) is 0.400. The number of rotatable bonds is 2. The Kier molecular flexibility index (Phi) is 3.14. The van der Waals surface area contributed by atoms with Crippen molar-refractivity contribution in [1.82, 2.24) is 9.61 Å². The van der Waals surface area contributed by atoms with Crippen molar-refractivity contribution in [2.45, 2.75) is 0 Å². The Bertz CT molecular complexity index is 1170. The Morgan fingerprint density at radius 3 is 2.04 bits per heavy atom. The molecule has 0 N–H and O–H groups in total. The van der Waals surface area contributed by atoms with Crippen LogP contribution in [0.25, 0.3) is 38.7 Å². The van der Waals surface area contributed by atoms with Crippen molar-refractivity contribution in [3.05, 3.63) is 97.2 Å². The summed E-state index contributed by atoms with van der Waals surface area (Å²) >= 11 is 0. The largest absolute Gasteiger partial charge is 0.232 e. The highest BCUT2D eigenvalue weighted by atomic mass is 15.2. The van der Waals surface area contributed by atoms with Crippen molar-refractivity contribution in [1.29, 1.82) is 0 Å². The van der Waals surface area contributed by atoms with Gasteiger partial charge in [0.15, 0.2) is 0 Å². The molecule has 25 heavy (non-hydrogen) atoms. The van der Waals surface area contributed by atoms with Crippen LogP contribution in [0.3, 0.4) is 0 Å². The van der Waals surface area contributed by atoms with Crippen LogP contribution in [0.1, 0.15) is 0 Å². The molecule has 0 bridgehead atoms. The van der Waals surface area contributed by atoms with Gasteiger partial charge < -0.3 is 0 Å². The molecule has 0 aliphatic rings. The van der Waals surface area contributed by atoms with E-state index in [2.05, 4.69) is 83.4 Å². The molecule has 0 saturated carbocycles. The van der Waals surface area contributed by atoms with Gasteiger partial charge in [0.1, 0.15) is 0 Å². The molecule has 2 aromatic heterocycles. The minimum Gasteiger partial charge on any atom is -0.232 e. The summed E-state index contributed by atoms with van der Waals surface area (Å²) in [6, 6.07) is 31.7. The standard InChI is InChI=1S/C23H16N2/c1-3-9-17(10-4-1)21-16-24-25-22(18-11-5-2-6-12-18)15-19-13-7-8-14-20(19)23(21)25/h1-16H. The molecular weight excluding hydrogens is 304 g/mol. The van der Waals surface area contributed by atoms with E-state index in [0.29, 0.717) is 0 Å². The van der Waals surface area contributed by atoms with E-state index in [1.165, 1.54) is 21.9 Å². The van der Waals surface area contributed by atoms with E-state index in [9.17, 15) is 0 Å². The third kappa shape index (κ3) is 2.23. The van der Waals surface area contributed by atoms with E-state index in [-0.39, 0.29) is 0 Å². The van der Waals surface area contributed by atoms with Gasteiger partial charge in [-0.2, -0.15) is 5.10 Å². The molecule has 5 rings (SSSR count). The molecule has 0 spiro atoms. The minimum absolute atomic E-state index is 1.11. The lowest BCUT2D eigenvalue weighted by Gasteiger charge is -2.10. The Hall–Kier alpha value is -3.39. The number of benzene rings is 3. The monoisotopic (exact) mass is 320 g/mol. The lowest BCUT2D eigenvalue weighted by molar-refractivity contribution is 0.975. The summed E-state index contributed by atoms with van der Waals surface area (Å²) in [4.78, 5) is 0. The normalized spacial score (nSPS) is 11.2. The highest BCUT2D eigenvalue weighted by Gasteiger charge is 2.14. The van der Waals surface area contributed by atoms with Crippen molar-refractivity contribution < 1.29 is 0 Å². The summed E-state index contributed by atoms with van der Waals surface area (Å²) in [5.41, 5.74) is 5.78. The van der Waals surface area contributed by atoms with Gasteiger partial charge in [0.2, 0.25) is 0 Å². The fraction of sp³-hybridized carbons (Fsp3) is 0. The smallest absolute Gasteiger partial charge is 0.0825 e. The molecule has 118 valence electrons. The molecule has 0 fully saturated rings. The van der Waals surface area contributed by atoms with Gasteiger partial charge in [-0.3, -0.25) is 0 Å². The van der Waals surface area contributed by atoms with Gasteiger partial charge in [0, 0.05) is 16.5 Å². The maximum Gasteiger partial charge on any atom is 0.0825 e. The van der Waals surface area contributed by atoms with Crippen molar-refractivity contribution in [3.8, 4) is 22.4 Å². The van der Waals surface area contributed by atoms with Crippen LogP contribution >= 0.6 is 0 Å². The first-order valence-electron chi connectivity index (χ1n) is 8.42. The van der Waals surface area contributed by atoms with Crippen molar-refractivity contribution >= 4 is 16.3 Å². The fourth-order valence-electron chi connectivity index (χ4n) is 3.48. The first-order chi connectivity index (χ1) is 12.4. The lowest BCUT2D eigenvalue weighted by atomic mass is 10.0. The van der Waals surface area contributed by atoms with Crippen molar-refractivity contribution in [2.75, 3.05) is 0 Å². The second-order valence-corrected chi connectivity index (χ2v) is 6.17. The SMILES string of the molecule is c1ccc(-c2cnn3c(-c4ccccc4)cc4ccccc4c23)cc1. The molecule has 2 nitrogen and oxygen atoms in total. The molecule has 0 saturated heterocycles. The Labute approximate surface area is 146 Å². The van der Waals surface area contributed by atoms with Gasteiger partial charge in [-0.05, 0) is 17.0 Å². The minimum atomic E-state index is 1.11. The summed E-state index contributed by atoms with van der Waals surface area (Å²) in [5.74, 6) is 0. The van der Waals surface area contributed by atoms with Gasteiger partial charge in [0.05, 0.1) is 17.4 Å². The average Bonchev–Trinajstić information content (AvgIpc) is 3.14. The van der Waals surface area contributed by atoms with Crippen LogP contribution in [0.4, 0.5) is 0 Å². The summed E-state index contributed by atoms with van der Waals surface area (Å²) in [7, 11) is 0. The van der Waals surface area contributed by atoms with E-state index in [0.717, 1.165) is 16.8 Å². The second-order valence-electron chi connectivity index (χ2n) is 6.17. The van der Waals surface area contributed by atoms with E-state index in [1.807, 2.05) is 18.3 Å². The zero-order valence-electron chi connectivity index (χ0n) is 13.6. The molecule has 0 aliphatic heterocycles. The van der Waals surface area contributed by atoms with Crippen LogP contribution in [0.2, 0.25) is 0 Å². The number of nitrogens with zero attached hydrogens (tertiary/aromatic N) is 2. The third-order valence-electron chi connectivity index (χ3n) is 4.66. The number of hydrogen-bond donors (Lipinski definition) is 0. The third-order valence-corrected chi connectivity index (χ3v) is 4.66. The first kappa shape index (κ1) is 14.0. The van der Waals surface area contributed by atoms with E-state index in [1.54, 1.807) is 0 Å². The first-order valence-corrected chi connectivity index (χ1v) is 8.42. The van der Waals surface area contributed by atoms with Crippen LogP contribution in [0.5, 0.6) is 0 Å². The van der Waals surface area contributed by atoms with Gasteiger partial charge in [0.25, 0.3) is 0 Å². The van der Waals surface area contributed by atoms with Gasteiger partial charge in [-0.15, -0.1) is 0 Å². The lowest BCUT2D eigenvalue weighted by Crippen LogP contribution is -1.95. The summed E-state index contributed by atoms with van der Waals surface area (Å²) in [5, 5.41) is 7.19. The van der Waals surface area contributed by atoms with Crippen LogP contribution in [-0.4, -0.2) is 9.61 Å². The highest BCUT2D eigenvalue weighted by molar-refractivity contribution is 6.04. The number of pyridine rings is 1. The predicted molar refractivity (Wildman–Crippen MR) is 104 cm³/mol. The zero-order chi connectivity index (χ0) is 16.6. The van der Waals surface area contributed by atoms with Gasteiger partial charge in [-0.25, -0.2) is 4.52 Å². The number of hydrogen-bond acceptors (Lipinski definition) is 1. The molecule has 2 heterocycles. The van der Waals surface area contributed by atoms with E-state index in [4.69, 9.17) is 5.10 Å². The summed E-state index contributed by atoms with van der Waals surface area (Å²) in [6.45, 7) is 0. The Balaban J connectivity index is 1.93. The Morgan fingerprint density at radius 2 is 1.28 bits per heavy atom. The predicted octanol–water partition coefficient (Wildman–Crippen LogP) is 5.82. The summed E-state index contributed by atoms with van der Waals surface area (Å²) < 4.78 is 2.07. The second kappa shape index (κ2) is 5.60. The maximum atomic E-state index is 4.74. The Morgan fingerprint density at radius 1 is 0.640 bits per heavy atom. The molecule has 0 unspecified atom stereocenters. The number of aromatic nitrogens is 2. The van der Waals surface area contributed by atoms with E-state index >= 15 is 0 Å². The maximum absolute atomic E-state index is 4.74. The molecule has 3 aromatic carbocycles. The molecule has 2 heteroatoms. The van der Waals surface area contributed by atoms with Crippen molar-refractivity contribution in [2.24, 2.45) is 0 Å². The van der Waals surface area contributed by atoms with Crippen LogP contribution in [0, 0.1) is 0 Å². The molecule has 0 aliphatic carbocycles. The van der Waals surface area contributed by atoms with Crippen molar-refractivity contribution in [3.63, 3.8) is 0 Å². The molecule has 5 aromatic rings. The summed E-state index contributed by atoms with van der Waals surface area (Å²) in [6.07, 6.45) is 1.98. The molecule has 0 atom stereocenters. The highest BCUT2D eigenvalue weighted by Crippen LogP contribution is 2.34. The van der Waals surface area contributed by atoms with Crippen LogP contribution < -0.4 is 0 Å². The van der Waals surface area contributed by atoms with Gasteiger partial charge in [-0.1, -0.05) is 84.9 Å². The van der Waals surface area contributed by atoms with Crippen LogP contribution in [-0.2, 0) is 0 Å². The van der Waals surface area contributed by atoms with Crippen LogP contribution in [0.15, 0.2) is 97.2 Å². The topological polar surface area (TPSA) is 17.3 Å². The molecule has 0 radical (unpaired) electrons. The van der Waals surface area contributed by atoms with Gasteiger partial charge >= 0.3 is 0 Å².